The van der Waals surface area contributed by atoms with Gasteiger partial charge in [-0.15, -0.1) is 0 Å². The lowest BCUT2D eigenvalue weighted by Gasteiger charge is -2.24. The van der Waals surface area contributed by atoms with Crippen molar-refractivity contribution in [1.29, 1.82) is 0 Å². The van der Waals surface area contributed by atoms with Crippen molar-refractivity contribution in [3.63, 3.8) is 0 Å². The predicted octanol–water partition coefficient (Wildman–Crippen LogP) is 1.30. The summed E-state index contributed by atoms with van der Waals surface area (Å²) in [6, 6.07) is 1.84. The molecule has 106 valence electrons. The average Bonchev–Trinajstić information content (AvgIpc) is 2.68. The van der Waals surface area contributed by atoms with Crippen molar-refractivity contribution in [3.05, 3.63) is 18.0 Å². The van der Waals surface area contributed by atoms with Crippen LogP contribution in [0, 0.1) is 0 Å². The Morgan fingerprint density at radius 2 is 2.05 bits per heavy atom. The molecule has 5 nitrogen and oxygen atoms in total. The Balaban J connectivity index is 1.83. The molecule has 1 aliphatic heterocycles. The largest absolute Gasteiger partial charge is 0.341 e. The van der Waals surface area contributed by atoms with Gasteiger partial charge in [-0.25, -0.2) is 0 Å². The number of amides is 1. The van der Waals surface area contributed by atoms with Crippen molar-refractivity contribution in [1.82, 2.24) is 20.0 Å². The molecule has 1 aromatic rings. The highest BCUT2D eigenvalue weighted by atomic mass is 16.2. The number of hydrogen-bond acceptors (Lipinski definition) is 3. The summed E-state index contributed by atoms with van der Waals surface area (Å²) in [6.07, 6.45) is 6.56. The van der Waals surface area contributed by atoms with E-state index in [2.05, 4.69) is 10.4 Å². The van der Waals surface area contributed by atoms with E-state index >= 15 is 0 Å². The number of carbonyl (C=O) groups excluding carboxylic acids is 1. The summed E-state index contributed by atoms with van der Waals surface area (Å²) in [5.74, 6) is 0.226. The molecule has 1 amide bonds. The van der Waals surface area contributed by atoms with Crippen LogP contribution in [-0.4, -0.2) is 39.7 Å². The predicted molar refractivity (Wildman–Crippen MR) is 74.6 cm³/mol. The Bertz CT molecular complexity index is 407. The van der Waals surface area contributed by atoms with Crippen LogP contribution in [0.25, 0.3) is 0 Å². The molecule has 0 aliphatic carbocycles. The molecule has 1 fully saturated rings. The molecule has 1 aliphatic rings. The van der Waals surface area contributed by atoms with E-state index in [4.69, 9.17) is 0 Å². The lowest BCUT2D eigenvalue weighted by molar-refractivity contribution is -0.133. The first-order chi connectivity index (χ1) is 9.18. The van der Waals surface area contributed by atoms with E-state index in [1.54, 1.807) is 6.20 Å². The van der Waals surface area contributed by atoms with E-state index in [1.807, 2.05) is 29.6 Å². The van der Waals surface area contributed by atoms with E-state index in [1.165, 1.54) is 12.8 Å². The zero-order valence-electron chi connectivity index (χ0n) is 11.9. The van der Waals surface area contributed by atoms with E-state index in [9.17, 15) is 4.79 Å². The van der Waals surface area contributed by atoms with E-state index in [0.717, 1.165) is 31.6 Å². The van der Waals surface area contributed by atoms with Crippen LogP contribution in [0.3, 0.4) is 0 Å². The van der Waals surface area contributed by atoms with Gasteiger partial charge in [-0.3, -0.25) is 9.48 Å². The summed E-state index contributed by atoms with van der Waals surface area (Å²) in [4.78, 5) is 14.3. The normalized spacial score (nSPS) is 18.1. The van der Waals surface area contributed by atoms with Gasteiger partial charge in [0.1, 0.15) is 0 Å². The molecule has 1 atom stereocenters. The molecule has 1 saturated heterocycles. The standard InChI is InChI=1S/C14H24N4O/c1-12(15-11-13-7-8-16-17(13)2)14(19)18-9-5-3-4-6-10-18/h7-8,12,15H,3-6,9-11H2,1-2H3. The molecule has 0 bridgehead atoms. The van der Waals surface area contributed by atoms with E-state index < -0.39 is 0 Å². The maximum absolute atomic E-state index is 12.3. The molecule has 0 spiro atoms. The number of rotatable bonds is 4. The van der Waals surface area contributed by atoms with E-state index in [0.29, 0.717) is 6.54 Å². The highest BCUT2D eigenvalue weighted by Crippen LogP contribution is 2.11. The number of nitrogens with zero attached hydrogens (tertiary/aromatic N) is 3. The summed E-state index contributed by atoms with van der Waals surface area (Å²) < 4.78 is 1.83. The number of aryl methyl sites for hydroxylation is 1. The Hall–Kier alpha value is -1.36. The van der Waals surface area contributed by atoms with Crippen LogP contribution in [0.2, 0.25) is 0 Å². The first kappa shape index (κ1) is 14.1. The molecule has 2 heterocycles. The molecule has 1 N–H and O–H groups in total. The molecular formula is C14H24N4O. The fourth-order valence-corrected chi connectivity index (χ4v) is 2.48. The molecule has 0 saturated carbocycles. The van der Waals surface area contributed by atoms with Gasteiger partial charge in [0.05, 0.1) is 11.7 Å². The number of likely N-dealkylation sites (tertiary alicyclic amines) is 1. The Morgan fingerprint density at radius 3 is 2.63 bits per heavy atom. The summed E-state index contributed by atoms with van der Waals surface area (Å²) in [6.45, 7) is 4.45. The fourth-order valence-electron chi connectivity index (χ4n) is 2.48. The van der Waals surface area contributed by atoms with Gasteiger partial charge in [0.2, 0.25) is 5.91 Å². The summed E-state index contributed by atoms with van der Waals surface area (Å²) in [5.41, 5.74) is 1.09. The van der Waals surface area contributed by atoms with Crippen LogP contribution >= 0.6 is 0 Å². The minimum Gasteiger partial charge on any atom is -0.341 e. The topological polar surface area (TPSA) is 50.2 Å². The van der Waals surface area contributed by atoms with Gasteiger partial charge >= 0.3 is 0 Å². The lowest BCUT2D eigenvalue weighted by atomic mass is 10.2. The first-order valence-electron chi connectivity index (χ1n) is 7.17. The summed E-state index contributed by atoms with van der Waals surface area (Å²) >= 11 is 0. The van der Waals surface area contributed by atoms with Crippen LogP contribution in [0.15, 0.2) is 12.3 Å². The third kappa shape index (κ3) is 3.80. The van der Waals surface area contributed by atoms with Gasteiger partial charge < -0.3 is 10.2 Å². The lowest BCUT2D eigenvalue weighted by Crippen LogP contribution is -2.45. The van der Waals surface area contributed by atoms with Gasteiger partial charge in [0.25, 0.3) is 0 Å². The van der Waals surface area contributed by atoms with Gasteiger partial charge in [-0.1, -0.05) is 12.8 Å². The zero-order chi connectivity index (χ0) is 13.7. The first-order valence-corrected chi connectivity index (χ1v) is 7.17. The second-order valence-corrected chi connectivity index (χ2v) is 5.29. The Kier molecular flexibility index (Phi) is 4.96. The van der Waals surface area contributed by atoms with E-state index in [-0.39, 0.29) is 11.9 Å². The number of aromatic nitrogens is 2. The molecule has 2 rings (SSSR count). The number of carbonyl (C=O) groups is 1. The highest BCUT2D eigenvalue weighted by Gasteiger charge is 2.21. The smallest absolute Gasteiger partial charge is 0.239 e. The van der Waals surface area contributed by atoms with Crippen molar-refractivity contribution in [2.24, 2.45) is 7.05 Å². The maximum Gasteiger partial charge on any atom is 0.239 e. The molecule has 0 radical (unpaired) electrons. The number of nitrogens with one attached hydrogen (secondary N) is 1. The quantitative estimate of drug-likeness (QED) is 0.892. The van der Waals surface area contributed by atoms with Crippen molar-refractivity contribution >= 4 is 5.91 Å². The highest BCUT2D eigenvalue weighted by molar-refractivity contribution is 5.81. The number of hydrogen-bond donors (Lipinski definition) is 1. The van der Waals surface area contributed by atoms with Crippen LogP contribution in [0.4, 0.5) is 0 Å². The average molecular weight is 264 g/mol. The molecule has 1 aromatic heterocycles. The SMILES string of the molecule is CC(NCc1ccnn1C)C(=O)N1CCCCCC1. The molecule has 5 heteroatoms. The minimum atomic E-state index is -0.131. The summed E-state index contributed by atoms with van der Waals surface area (Å²) in [7, 11) is 1.91. The van der Waals surface area contributed by atoms with Crippen molar-refractivity contribution in [3.8, 4) is 0 Å². The maximum atomic E-state index is 12.3. The van der Waals surface area contributed by atoms with Gasteiger partial charge in [0.15, 0.2) is 0 Å². The van der Waals surface area contributed by atoms with Crippen LogP contribution < -0.4 is 5.32 Å². The second kappa shape index (κ2) is 6.70. The van der Waals surface area contributed by atoms with Crippen LogP contribution in [-0.2, 0) is 18.4 Å². The monoisotopic (exact) mass is 264 g/mol. The fraction of sp³-hybridized carbons (Fsp3) is 0.714. The van der Waals surface area contributed by atoms with Gasteiger partial charge in [-0.2, -0.15) is 5.10 Å². The third-order valence-electron chi connectivity index (χ3n) is 3.80. The Morgan fingerprint density at radius 1 is 1.37 bits per heavy atom. The molecule has 0 aromatic carbocycles. The molecular weight excluding hydrogens is 240 g/mol. The van der Waals surface area contributed by atoms with Crippen LogP contribution in [0.1, 0.15) is 38.3 Å². The third-order valence-corrected chi connectivity index (χ3v) is 3.80. The minimum absolute atomic E-state index is 0.131. The van der Waals surface area contributed by atoms with Gasteiger partial charge in [-0.05, 0) is 25.8 Å². The molecule has 1 unspecified atom stereocenters. The second-order valence-electron chi connectivity index (χ2n) is 5.29. The van der Waals surface area contributed by atoms with Crippen molar-refractivity contribution in [2.75, 3.05) is 13.1 Å². The van der Waals surface area contributed by atoms with Crippen LogP contribution in [0.5, 0.6) is 0 Å². The van der Waals surface area contributed by atoms with Crippen molar-refractivity contribution < 1.29 is 4.79 Å². The molecule has 19 heavy (non-hydrogen) atoms. The van der Waals surface area contributed by atoms with Crippen molar-refractivity contribution in [2.45, 2.75) is 45.2 Å². The Labute approximate surface area is 115 Å². The summed E-state index contributed by atoms with van der Waals surface area (Å²) in [5, 5.41) is 7.41. The zero-order valence-corrected chi connectivity index (χ0v) is 11.9. The van der Waals surface area contributed by atoms with Gasteiger partial charge in [0, 0.05) is 32.9 Å².